The Morgan fingerprint density at radius 3 is 3.00 bits per heavy atom. The van der Waals surface area contributed by atoms with Crippen LogP contribution in [-0.4, -0.2) is 10.5 Å². The van der Waals surface area contributed by atoms with Crippen molar-refractivity contribution in [1.29, 1.82) is 0 Å². The third-order valence-corrected chi connectivity index (χ3v) is 2.25. The Balaban J connectivity index is 2.70. The zero-order valence-corrected chi connectivity index (χ0v) is 7.24. The first-order chi connectivity index (χ1) is 6.11. The third-order valence-electron chi connectivity index (χ3n) is 2.25. The molecule has 0 fully saturated rings. The molecule has 1 aromatic rings. The lowest BCUT2D eigenvalue weighted by molar-refractivity contribution is 0.0829. The Labute approximate surface area is 74.5 Å². The molecule has 4 nitrogen and oxygen atoms in total. The van der Waals surface area contributed by atoms with Crippen molar-refractivity contribution in [1.82, 2.24) is 4.57 Å². The number of hydrogen-bond acceptors (Lipinski definition) is 3. The fourth-order valence-electron chi connectivity index (χ4n) is 1.54. The van der Waals surface area contributed by atoms with Gasteiger partial charge in [0.2, 0.25) is 5.91 Å². The van der Waals surface area contributed by atoms with Crippen molar-refractivity contribution in [3.05, 3.63) is 29.1 Å². The molecule has 13 heavy (non-hydrogen) atoms. The lowest BCUT2D eigenvalue weighted by Gasteiger charge is -2.18. The normalized spacial score (nSPS) is 21.8. The van der Waals surface area contributed by atoms with E-state index in [0.29, 0.717) is 12.1 Å². The summed E-state index contributed by atoms with van der Waals surface area (Å²) in [7, 11) is 0. The van der Waals surface area contributed by atoms with E-state index in [2.05, 4.69) is 11.0 Å². The lowest BCUT2D eigenvalue weighted by Crippen LogP contribution is -2.32. The first-order valence-corrected chi connectivity index (χ1v) is 4.04. The first kappa shape index (κ1) is 8.04. The van der Waals surface area contributed by atoms with Crippen LogP contribution in [0.15, 0.2) is 22.1 Å². The van der Waals surface area contributed by atoms with E-state index in [9.17, 15) is 9.59 Å². The summed E-state index contributed by atoms with van der Waals surface area (Å²) in [6, 6.07) is 0. The van der Waals surface area contributed by atoms with E-state index in [-0.39, 0.29) is 11.8 Å². The molecule has 4 heteroatoms. The van der Waals surface area contributed by atoms with Crippen molar-refractivity contribution in [3.63, 3.8) is 0 Å². The van der Waals surface area contributed by atoms with E-state index in [1.165, 1.54) is 6.26 Å². The van der Waals surface area contributed by atoms with Gasteiger partial charge in [0.1, 0.15) is 6.26 Å². The van der Waals surface area contributed by atoms with E-state index in [4.69, 9.17) is 0 Å². The average Bonchev–Trinajstić information content (AvgIpc) is 2.44. The van der Waals surface area contributed by atoms with Gasteiger partial charge in [-0.1, -0.05) is 13.5 Å². The Bertz CT molecular complexity index is 438. The Morgan fingerprint density at radius 2 is 2.31 bits per heavy atom. The van der Waals surface area contributed by atoms with Gasteiger partial charge in [0.05, 0.1) is 5.69 Å². The van der Waals surface area contributed by atoms with Crippen LogP contribution in [0.25, 0.3) is 5.57 Å². The zero-order chi connectivity index (χ0) is 9.59. The molecular formula is C9H9NO3. The predicted octanol–water partition coefficient (Wildman–Crippen LogP) is 1.13. The zero-order valence-electron chi connectivity index (χ0n) is 7.24. The fourth-order valence-corrected chi connectivity index (χ4v) is 1.54. The summed E-state index contributed by atoms with van der Waals surface area (Å²) >= 11 is 0. The van der Waals surface area contributed by atoms with E-state index >= 15 is 0 Å². The van der Waals surface area contributed by atoms with Gasteiger partial charge < -0.3 is 4.42 Å². The summed E-state index contributed by atoms with van der Waals surface area (Å²) in [6.45, 7) is 5.56. The van der Waals surface area contributed by atoms with Crippen molar-refractivity contribution < 1.29 is 9.21 Å². The highest BCUT2D eigenvalue weighted by Crippen LogP contribution is 2.26. The number of aromatic nitrogens is 1. The minimum Gasteiger partial charge on any atom is -0.415 e. The second kappa shape index (κ2) is 2.45. The molecule has 1 atom stereocenters. The van der Waals surface area contributed by atoms with Crippen LogP contribution in [0.3, 0.4) is 0 Å². The van der Waals surface area contributed by atoms with Gasteiger partial charge >= 0.3 is 5.76 Å². The molecular weight excluding hydrogens is 170 g/mol. The highest BCUT2D eigenvalue weighted by atomic mass is 16.4. The van der Waals surface area contributed by atoms with Gasteiger partial charge in [-0.3, -0.25) is 4.79 Å². The summed E-state index contributed by atoms with van der Waals surface area (Å²) in [5, 5.41) is 0. The van der Waals surface area contributed by atoms with E-state index in [1.54, 1.807) is 6.92 Å². The van der Waals surface area contributed by atoms with Crippen LogP contribution in [0.1, 0.15) is 23.8 Å². The Hall–Kier alpha value is -1.58. The maximum absolute atomic E-state index is 11.5. The molecule has 0 spiro atoms. The third kappa shape index (κ3) is 0.983. The summed E-state index contributed by atoms with van der Waals surface area (Å²) < 4.78 is 5.68. The van der Waals surface area contributed by atoms with Gasteiger partial charge in [0, 0.05) is 5.92 Å². The van der Waals surface area contributed by atoms with Crippen molar-refractivity contribution in [3.8, 4) is 0 Å². The first-order valence-electron chi connectivity index (χ1n) is 4.04. The molecule has 0 saturated carbocycles. The molecule has 1 aromatic heterocycles. The van der Waals surface area contributed by atoms with E-state index in [0.717, 1.165) is 10.1 Å². The van der Waals surface area contributed by atoms with Gasteiger partial charge in [-0.25, -0.2) is 9.36 Å². The second-order valence-corrected chi connectivity index (χ2v) is 3.27. The van der Waals surface area contributed by atoms with Crippen LogP contribution in [0, 0.1) is 5.92 Å². The van der Waals surface area contributed by atoms with Crippen molar-refractivity contribution in [2.45, 2.75) is 13.3 Å². The van der Waals surface area contributed by atoms with Crippen LogP contribution in [0.5, 0.6) is 0 Å². The minimum atomic E-state index is -0.618. The van der Waals surface area contributed by atoms with E-state index in [1.807, 2.05) is 0 Å². The smallest absolute Gasteiger partial charge is 0.415 e. The molecule has 0 saturated heterocycles. The number of oxazole rings is 1. The molecule has 0 aromatic carbocycles. The minimum absolute atomic E-state index is 0.185. The second-order valence-electron chi connectivity index (χ2n) is 3.27. The van der Waals surface area contributed by atoms with Crippen molar-refractivity contribution >= 4 is 11.5 Å². The molecule has 0 bridgehead atoms. The summed E-state index contributed by atoms with van der Waals surface area (Å²) in [6.07, 6.45) is 1.88. The molecule has 0 amide bonds. The van der Waals surface area contributed by atoms with Crippen molar-refractivity contribution in [2.75, 3.05) is 0 Å². The number of nitrogens with zero attached hydrogens (tertiary/aromatic N) is 1. The molecule has 1 unspecified atom stereocenters. The monoisotopic (exact) mass is 179 g/mol. The van der Waals surface area contributed by atoms with Crippen LogP contribution in [0.4, 0.5) is 0 Å². The highest BCUT2D eigenvalue weighted by molar-refractivity contribution is 5.88. The summed E-state index contributed by atoms with van der Waals surface area (Å²) in [4.78, 5) is 22.6. The molecule has 0 N–H and O–H groups in total. The SMILES string of the molecule is C=C1CC(C)C(=O)n2c1coc2=O. The number of rotatable bonds is 0. The van der Waals surface area contributed by atoms with Gasteiger partial charge in [0.25, 0.3) is 0 Å². The lowest BCUT2D eigenvalue weighted by atomic mass is 9.96. The molecule has 0 radical (unpaired) electrons. The van der Waals surface area contributed by atoms with Gasteiger partial charge in [-0.05, 0) is 12.0 Å². The number of carbonyl (C=O) groups is 1. The van der Waals surface area contributed by atoms with Crippen molar-refractivity contribution in [2.24, 2.45) is 5.92 Å². The standard InChI is InChI=1S/C9H9NO3/c1-5-3-6(2)8(11)10-7(5)4-13-9(10)12/h4,6H,1,3H2,2H3. The topological polar surface area (TPSA) is 52.2 Å². The Kier molecular flexibility index (Phi) is 1.52. The molecule has 2 heterocycles. The molecule has 2 rings (SSSR count). The van der Waals surface area contributed by atoms with Crippen LogP contribution < -0.4 is 5.76 Å². The van der Waals surface area contributed by atoms with E-state index < -0.39 is 5.76 Å². The number of hydrogen-bond donors (Lipinski definition) is 0. The molecule has 0 aliphatic carbocycles. The predicted molar refractivity (Wildman–Crippen MR) is 46.4 cm³/mol. The quantitative estimate of drug-likeness (QED) is 0.600. The number of allylic oxidation sites excluding steroid dienone is 1. The maximum atomic E-state index is 11.5. The average molecular weight is 179 g/mol. The molecule has 1 aliphatic rings. The number of fused-ring (bicyclic) bond motifs is 1. The summed E-state index contributed by atoms with van der Waals surface area (Å²) in [5.41, 5.74) is 1.28. The van der Waals surface area contributed by atoms with Gasteiger partial charge in [-0.2, -0.15) is 0 Å². The van der Waals surface area contributed by atoms with Crippen LogP contribution in [-0.2, 0) is 0 Å². The highest BCUT2D eigenvalue weighted by Gasteiger charge is 2.28. The Morgan fingerprint density at radius 1 is 1.62 bits per heavy atom. The molecule has 68 valence electrons. The van der Waals surface area contributed by atoms with Gasteiger partial charge in [0.15, 0.2) is 0 Å². The maximum Gasteiger partial charge on any atom is 0.426 e. The largest absolute Gasteiger partial charge is 0.426 e. The van der Waals surface area contributed by atoms with Crippen LogP contribution in [0.2, 0.25) is 0 Å². The fraction of sp³-hybridized carbons (Fsp3) is 0.333. The molecule has 1 aliphatic heterocycles. The van der Waals surface area contributed by atoms with Crippen LogP contribution >= 0.6 is 0 Å². The number of carbonyl (C=O) groups excluding carboxylic acids is 1. The summed E-state index contributed by atoms with van der Waals surface area (Å²) in [5.74, 6) is -1.01. The van der Waals surface area contributed by atoms with Gasteiger partial charge in [-0.15, -0.1) is 0 Å².